The number of nitrogens with one attached hydrogen (secondary N) is 3. The van der Waals surface area contributed by atoms with Crippen LogP contribution in [0.4, 0.5) is 11.4 Å². The first-order valence-corrected chi connectivity index (χ1v) is 13.3. The fourth-order valence-electron chi connectivity index (χ4n) is 6.04. The van der Waals surface area contributed by atoms with Gasteiger partial charge in [0.15, 0.2) is 6.23 Å². The molecule has 38 heavy (non-hydrogen) atoms. The number of aliphatic hydroxyl groups is 1. The molecule has 1 saturated heterocycles. The first-order chi connectivity index (χ1) is 18.3. The Kier molecular flexibility index (Phi) is 6.34. The quantitative estimate of drug-likeness (QED) is 0.207. The van der Waals surface area contributed by atoms with E-state index in [1.54, 1.807) is 41.4 Å². The van der Waals surface area contributed by atoms with Crippen LogP contribution in [0.25, 0.3) is 10.9 Å². The number of aliphatic hydroxyl groups excluding tert-OH is 1. The molecule has 8 nitrogen and oxygen atoms in total. The maximum absolute atomic E-state index is 13.2. The summed E-state index contributed by atoms with van der Waals surface area (Å²) >= 11 is 6.35. The van der Waals surface area contributed by atoms with Gasteiger partial charge in [-0.05, 0) is 73.9 Å². The van der Waals surface area contributed by atoms with Crippen molar-refractivity contribution in [1.82, 2.24) is 10.3 Å². The number of Topliss-reactive ketones (excluding diaryl/α,β-unsaturated/α-hetero) is 1. The number of amides is 2. The molecule has 5 atom stereocenters. The van der Waals surface area contributed by atoms with E-state index in [0.29, 0.717) is 52.1 Å². The van der Waals surface area contributed by atoms with E-state index >= 15 is 0 Å². The van der Waals surface area contributed by atoms with Crippen molar-refractivity contribution in [3.8, 4) is 0 Å². The smallest absolute Gasteiger partial charge is 0.244 e. The van der Waals surface area contributed by atoms with Crippen LogP contribution in [-0.2, 0) is 9.59 Å². The van der Waals surface area contributed by atoms with Crippen LogP contribution in [0.3, 0.4) is 0 Å². The summed E-state index contributed by atoms with van der Waals surface area (Å²) in [5, 5.41) is 17.6. The second kappa shape index (κ2) is 9.69. The summed E-state index contributed by atoms with van der Waals surface area (Å²) in [6, 6.07) is 10.1. The fraction of sp³-hybridized carbons (Fsp3) is 0.345. The molecule has 2 bridgehead atoms. The maximum Gasteiger partial charge on any atom is 0.244 e. The lowest BCUT2D eigenvalue weighted by Crippen LogP contribution is -2.47. The van der Waals surface area contributed by atoms with Crippen molar-refractivity contribution >= 4 is 51.5 Å². The molecule has 3 aromatic rings. The monoisotopic (exact) mass is 532 g/mol. The van der Waals surface area contributed by atoms with E-state index in [9.17, 15) is 19.5 Å². The lowest BCUT2D eigenvalue weighted by atomic mass is 9.93. The summed E-state index contributed by atoms with van der Waals surface area (Å²) in [5.41, 5.74) is 3.19. The molecular formula is C29H29ClN4O4. The van der Waals surface area contributed by atoms with Crippen molar-refractivity contribution in [1.29, 1.82) is 0 Å². The molecule has 1 aliphatic heterocycles. The summed E-state index contributed by atoms with van der Waals surface area (Å²) in [5.74, 6) is -0.0550. The van der Waals surface area contributed by atoms with E-state index in [1.165, 1.54) is 0 Å². The molecule has 2 fully saturated rings. The topological polar surface area (TPSA) is 115 Å². The average molecular weight is 533 g/mol. The van der Waals surface area contributed by atoms with Crippen molar-refractivity contribution in [2.75, 3.05) is 16.8 Å². The zero-order valence-electron chi connectivity index (χ0n) is 20.9. The molecule has 9 heteroatoms. The van der Waals surface area contributed by atoms with Crippen molar-refractivity contribution in [2.45, 2.75) is 38.5 Å². The van der Waals surface area contributed by atoms with Crippen LogP contribution < -0.4 is 15.5 Å². The number of H-pyrrole nitrogens is 1. The molecule has 2 aromatic carbocycles. The second-order valence-corrected chi connectivity index (χ2v) is 11.0. The van der Waals surface area contributed by atoms with Crippen molar-refractivity contribution < 1.29 is 19.5 Å². The summed E-state index contributed by atoms with van der Waals surface area (Å²) < 4.78 is 0. The molecule has 1 aromatic heterocycles. The molecule has 6 rings (SSSR count). The van der Waals surface area contributed by atoms with E-state index < -0.39 is 18.1 Å². The summed E-state index contributed by atoms with van der Waals surface area (Å²) in [6.45, 7) is 2.35. The highest BCUT2D eigenvalue weighted by Crippen LogP contribution is 2.44. The van der Waals surface area contributed by atoms with Crippen molar-refractivity contribution in [3.05, 3.63) is 70.9 Å². The number of halogens is 1. The first-order valence-electron chi connectivity index (χ1n) is 12.9. The number of carbonyl (C=O) groups is 3. The lowest BCUT2D eigenvalue weighted by molar-refractivity contribution is -0.120. The number of rotatable bonds is 7. The van der Waals surface area contributed by atoms with Gasteiger partial charge in [0.2, 0.25) is 17.6 Å². The third kappa shape index (κ3) is 4.42. The van der Waals surface area contributed by atoms with Crippen LogP contribution in [0.1, 0.15) is 35.2 Å². The highest BCUT2D eigenvalue weighted by atomic mass is 35.5. The predicted molar refractivity (Wildman–Crippen MR) is 146 cm³/mol. The summed E-state index contributed by atoms with van der Waals surface area (Å²) in [6.07, 6.45) is 6.64. The zero-order chi connectivity index (χ0) is 26.6. The highest BCUT2D eigenvalue weighted by Gasteiger charge is 2.40. The SMILES string of the molecule is Cc1ccc(N2CC[C@@H](N[C@H](O)C(=O)c3c[nH]c4ccc(NC(=O)C5CC6C=CC5C6)cc34)C2=O)c(Cl)c1. The van der Waals surface area contributed by atoms with Crippen LogP contribution in [0.15, 0.2) is 54.7 Å². The van der Waals surface area contributed by atoms with Crippen LogP contribution in [0.5, 0.6) is 0 Å². The number of allylic oxidation sites excluding steroid dienone is 2. The fourth-order valence-corrected chi connectivity index (χ4v) is 6.37. The van der Waals surface area contributed by atoms with Gasteiger partial charge in [0, 0.05) is 40.8 Å². The number of nitrogens with zero attached hydrogens (tertiary/aromatic N) is 1. The second-order valence-electron chi connectivity index (χ2n) is 10.6. The highest BCUT2D eigenvalue weighted by molar-refractivity contribution is 6.34. The molecule has 2 heterocycles. The molecule has 2 amide bonds. The zero-order valence-corrected chi connectivity index (χ0v) is 21.7. The van der Waals surface area contributed by atoms with Gasteiger partial charge in [0.25, 0.3) is 0 Å². The number of fused-ring (bicyclic) bond motifs is 3. The number of aryl methyl sites for hydroxylation is 1. The average Bonchev–Trinajstić information content (AvgIpc) is 3.69. The minimum atomic E-state index is -1.57. The van der Waals surface area contributed by atoms with Crippen LogP contribution in [-0.4, -0.2) is 46.5 Å². The Morgan fingerprint density at radius 1 is 1.16 bits per heavy atom. The van der Waals surface area contributed by atoms with Gasteiger partial charge in [-0.15, -0.1) is 0 Å². The first kappa shape index (κ1) is 24.9. The number of benzene rings is 2. The molecule has 3 aliphatic rings. The Balaban J connectivity index is 1.14. The normalized spacial score (nSPS) is 24.9. The van der Waals surface area contributed by atoms with Crippen molar-refractivity contribution in [2.24, 2.45) is 17.8 Å². The number of hydrogen-bond acceptors (Lipinski definition) is 5. The number of hydrogen-bond donors (Lipinski definition) is 4. The van der Waals surface area contributed by atoms with Crippen LogP contribution in [0, 0.1) is 24.7 Å². The Morgan fingerprint density at radius 2 is 2.00 bits per heavy atom. The third-order valence-corrected chi connectivity index (χ3v) is 8.34. The Morgan fingerprint density at radius 3 is 2.74 bits per heavy atom. The van der Waals surface area contributed by atoms with Crippen LogP contribution in [0.2, 0.25) is 5.02 Å². The van der Waals surface area contributed by atoms with Gasteiger partial charge in [-0.25, -0.2) is 0 Å². The van der Waals surface area contributed by atoms with E-state index in [4.69, 9.17) is 11.6 Å². The van der Waals surface area contributed by atoms with E-state index in [1.807, 2.05) is 13.0 Å². The Bertz CT molecular complexity index is 1480. The van der Waals surface area contributed by atoms with Gasteiger partial charge in [-0.2, -0.15) is 0 Å². The number of carbonyl (C=O) groups excluding carboxylic acids is 3. The molecule has 0 radical (unpaired) electrons. The van der Waals surface area contributed by atoms with E-state index in [0.717, 1.165) is 18.4 Å². The number of anilines is 2. The molecule has 2 aliphatic carbocycles. The number of aromatic amines is 1. The Hall–Kier alpha value is -3.46. The van der Waals surface area contributed by atoms with Gasteiger partial charge in [0.1, 0.15) is 0 Å². The van der Waals surface area contributed by atoms with Crippen LogP contribution >= 0.6 is 11.6 Å². The summed E-state index contributed by atoms with van der Waals surface area (Å²) in [7, 11) is 0. The van der Waals surface area contributed by atoms with Crippen molar-refractivity contribution in [3.63, 3.8) is 0 Å². The van der Waals surface area contributed by atoms with Gasteiger partial charge >= 0.3 is 0 Å². The van der Waals surface area contributed by atoms with E-state index in [2.05, 4.69) is 27.8 Å². The maximum atomic E-state index is 13.2. The number of ketones is 1. The van der Waals surface area contributed by atoms with E-state index in [-0.39, 0.29) is 23.3 Å². The van der Waals surface area contributed by atoms with Gasteiger partial charge in [0.05, 0.1) is 16.8 Å². The third-order valence-electron chi connectivity index (χ3n) is 8.04. The molecule has 4 N–H and O–H groups in total. The largest absolute Gasteiger partial charge is 0.371 e. The van der Waals surface area contributed by atoms with Gasteiger partial charge in [-0.3, -0.25) is 19.7 Å². The molecule has 0 spiro atoms. The molecule has 3 unspecified atom stereocenters. The minimum absolute atomic E-state index is 0.00991. The standard InChI is InChI=1S/C29H29ClN4O4/c1-15-2-7-25(22(30)10-15)34-9-8-24(29(34)38)33-28(37)26(35)21-14-31-23-6-5-18(13-20(21)23)32-27(36)19-12-16-3-4-17(19)11-16/h2-7,10,13-14,16-17,19,24,28,31,33,37H,8-9,11-12H2,1H3,(H,32,36)/t16?,17?,19?,24-,28-/m1/s1. The summed E-state index contributed by atoms with van der Waals surface area (Å²) in [4.78, 5) is 43.8. The lowest BCUT2D eigenvalue weighted by Gasteiger charge is -2.20. The minimum Gasteiger partial charge on any atom is -0.371 e. The molecule has 196 valence electrons. The Labute approximate surface area is 225 Å². The number of aromatic nitrogens is 1. The molecule has 1 saturated carbocycles. The van der Waals surface area contributed by atoms with Gasteiger partial charge in [-0.1, -0.05) is 29.8 Å². The van der Waals surface area contributed by atoms with Gasteiger partial charge < -0.3 is 20.3 Å². The molecular weight excluding hydrogens is 504 g/mol. The predicted octanol–water partition coefficient (Wildman–Crippen LogP) is 4.18.